The fourth-order valence-electron chi connectivity index (χ4n) is 0.752. The highest BCUT2D eigenvalue weighted by molar-refractivity contribution is 6.30. The number of halogens is 1. The number of benzene rings is 1. The second kappa shape index (κ2) is 3.39. The van der Waals surface area contributed by atoms with Crippen molar-refractivity contribution < 1.29 is 9.90 Å². The molecule has 0 heterocycles. The van der Waals surface area contributed by atoms with E-state index in [9.17, 15) is 4.79 Å². The highest BCUT2D eigenvalue weighted by atomic mass is 35.5. The third-order valence-electron chi connectivity index (χ3n) is 1.16. The first-order valence-corrected chi connectivity index (χ1v) is 3.45. The Bertz CT molecular complexity index is 271. The number of carboxylic acids is 1. The molecule has 1 aromatic rings. The van der Waals surface area contributed by atoms with Gasteiger partial charge in [0.05, 0.1) is 6.42 Å². The summed E-state index contributed by atoms with van der Waals surface area (Å²) in [4.78, 5) is 10.2. The molecule has 0 saturated heterocycles. The molecule has 1 aromatic carbocycles. The summed E-state index contributed by atoms with van der Waals surface area (Å²) in [7, 11) is 0. The molecule has 0 aliphatic heterocycles. The largest absolute Gasteiger partial charge is 0.481 e. The van der Waals surface area contributed by atoms with Crippen LogP contribution < -0.4 is 0 Å². The molecule has 0 fully saturated rings. The van der Waals surface area contributed by atoms with Gasteiger partial charge in [0, 0.05) is 11.1 Å². The topological polar surface area (TPSA) is 37.3 Å². The van der Waals surface area contributed by atoms with Gasteiger partial charge in [-0.05, 0) is 11.6 Å². The minimum Gasteiger partial charge on any atom is -0.481 e. The fourth-order valence-corrected chi connectivity index (χ4v) is 0.946. The zero-order chi connectivity index (χ0) is 8.27. The number of hydrogen-bond donors (Lipinski definition) is 1. The van der Waals surface area contributed by atoms with Gasteiger partial charge >= 0.3 is 5.97 Å². The van der Waals surface area contributed by atoms with Crippen LogP contribution in [0.1, 0.15) is 5.56 Å². The van der Waals surface area contributed by atoms with Crippen molar-refractivity contribution in [3.63, 3.8) is 0 Å². The van der Waals surface area contributed by atoms with E-state index in [-0.39, 0.29) is 6.42 Å². The Balaban J connectivity index is 2.79. The molecule has 0 saturated carbocycles. The lowest BCUT2D eigenvalue weighted by molar-refractivity contribution is -0.136. The fraction of sp³-hybridized carbons (Fsp3) is 0.125. The predicted octanol–water partition coefficient (Wildman–Crippen LogP) is 1.77. The van der Waals surface area contributed by atoms with Gasteiger partial charge in [-0.1, -0.05) is 23.7 Å². The Labute approximate surface area is 69.4 Å². The first-order valence-electron chi connectivity index (χ1n) is 3.07. The minimum atomic E-state index is -0.872. The van der Waals surface area contributed by atoms with Crippen molar-refractivity contribution >= 4 is 17.6 Å². The maximum absolute atomic E-state index is 10.2. The second-order valence-corrected chi connectivity index (χ2v) is 2.50. The van der Waals surface area contributed by atoms with Gasteiger partial charge in [0.15, 0.2) is 0 Å². The van der Waals surface area contributed by atoms with Crippen LogP contribution in [0.4, 0.5) is 0 Å². The molecule has 0 atom stereocenters. The summed E-state index contributed by atoms with van der Waals surface area (Å²) in [5, 5.41) is 8.84. The summed E-state index contributed by atoms with van der Waals surface area (Å²) in [6.45, 7) is 0. The Hall–Kier alpha value is -1.02. The van der Waals surface area contributed by atoms with Crippen LogP contribution in [0.5, 0.6) is 0 Å². The van der Waals surface area contributed by atoms with Crippen LogP contribution in [0.25, 0.3) is 0 Å². The molecule has 11 heavy (non-hydrogen) atoms. The number of carbonyl (C=O) groups is 1. The normalized spacial score (nSPS) is 9.55. The lowest BCUT2D eigenvalue weighted by Gasteiger charge is -1.94. The number of rotatable bonds is 2. The lowest BCUT2D eigenvalue weighted by atomic mass is 10.2. The van der Waals surface area contributed by atoms with Gasteiger partial charge in [0.2, 0.25) is 0 Å². The molecule has 2 nitrogen and oxygen atoms in total. The van der Waals surface area contributed by atoms with Crippen molar-refractivity contribution in [3.05, 3.63) is 34.9 Å². The second-order valence-electron chi connectivity index (χ2n) is 2.09. The molecule has 57 valence electrons. The first kappa shape index (κ1) is 8.08. The van der Waals surface area contributed by atoms with Crippen molar-refractivity contribution in [1.29, 1.82) is 0 Å². The molecule has 0 amide bonds. The number of hydrogen-bond acceptors (Lipinski definition) is 1. The Morgan fingerprint density at radius 2 is 2.36 bits per heavy atom. The van der Waals surface area contributed by atoms with Crippen LogP contribution in [0.3, 0.4) is 0 Å². The minimum absolute atomic E-state index is 0.0272. The molecule has 0 bridgehead atoms. The molecular formula is C8H6ClO2. The van der Waals surface area contributed by atoms with Gasteiger partial charge < -0.3 is 5.11 Å². The van der Waals surface area contributed by atoms with Gasteiger partial charge in [-0.3, -0.25) is 4.79 Å². The maximum atomic E-state index is 10.2. The lowest BCUT2D eigenvalue weighted by Crippen LogP contribution is -1.99. The van der Waals surface area contributed by atoms with E-state index >= 15 is 0 Å². The van der Waals surface area contributed by atoms with E-state index in [2.05, 4.69) is 6.07 Å². The molecular weight excluding hydrogens is 164 g/mol. The average molecular weight is 170 g/mol. The summed E-state index contributed by atoms with van der Waals surface area (Å²) >= 11 is 5.58. The van der Waals surface area contributed by atoms with Gasteiger partial charge in [-0.2, -0.15) is 0 Å². The van der Waals surface area contributed by atoms with Crippen LogP contribution in [-0.2, 0) is 11.2 Å². The number of carboxylic acid groups (broad SMARTS) is 1. The quantitative estimate of drug-likeness (QED) is 0.733. The SMILES string of the molecule is O=C(O)Cc1[c]c(Cl)ccc1. The smallest absolute Gasteiger partial charge is 0.307 e. The number of aliphatic carboxylic acids is 1. The zero-order valence-electron chi connectivity index (χ0n) is 5.67. The van der Waals surface area contributed by atoms with Gasteiger partial charge in [0.1, 0.15) is 0 Å². The van der Waals surface area contributed by atoms with E-state index in [1.165, 1.54) is 0 Å². The summed E-state index contributed by atoms with van der Waals surface area (Å²) in [6.07, 6.45) is -0.0272. The Kier molecular flexibility index (Phi) is 2.49. The molecule has 3 heteroatoms. The highest BCUT2D eigenvalue weighted by Gasteiger charge is 1.99. The van der Waals surface area contributed by atoms with E-state index in [1.807, 2.05) is 0 Å². The van der Waals surface area contributed by atoms with Crippen LogP contribution in [0.15, 0.2) is 18.2 Å². The molecule has 1 rings (SSSR count). The summed E-state index contributed by atoms with van der Waals surface area (Å²) in [6, 6.07) is 7.77. The van der Waals surface area contributed by atoms with Crippen molar-refractivity contribution in [2.75, 3.05) is 0 Å². The van der Waals surface area contributed by atoms with Crippen LogP contribution >= 0.6 is 11.6 Å². The maximum Gasteiger partial charge on any atom is 0.307 e. The molecule has 0 aliphatic carbocycles. The average Bonchev–Trinajstić information content (AvgIpc) is 1.85. The van der Waals surface area contributed by atoms with Crippen LogP contribution in [0.2, 0.25) is 5.02 Å². The van der Waals surface area contributed by atoms with E-state index in [4.69, 9.17) is 16.7 Å². The Morgan fingerprint density at radius 1 is 1.64 bits per heavy atom. The molecule has 1 radical (unpaired) electrons. The van der Waals surface area contributed by atoms with Gasteiger partial charge in [-0.25, -0.2) is 0 Å². The third kappa shape index (κ3) is 2.60. The van der Waals surface area contributed by atoms with Crippen molar-refractivity contribution in [3.8, 4) is 0 Å². The van der Waals surface area contributed by atoms with E-state index < -0.39 is 5.97 Å². The monoisotopic (exact) mass is 169 g/mol. The first-order chi connectivity index (χ1) is 5.18. The molecule has 0 unspecified atom stereocenters. The highest BCUT2D eigenvalue weighted by Crippen LogP contribution is 2.09. The predicted molar refractivity (Wildman–Crippen MR) is 41.6 cm³/mol. The van der Waals surface area contributed by atoms with Crippen LogP contribution in [0, 0.1) is 6.07 Å². The standard InChI is InChI=1S/C8H6ClO2/c9-7-3-1-2-6(4-7)5-8(10)11/h1-3H,5H2,(H,10,11). The van der Waals surface area contributed by atoms with Crippen LogP contribution in [-0.4, -0.2) is 11.1 Å². The molecule has 0 spiro atoms. The summed E-state index contributed by atoms with van der Waals surface area (Å²) in [5.41, 5.74) is 0.602. The summed E-state index contributed by atoms with van der Waals surface area (Å²) < 4.78 is 0. The van der Waals surface area contributed by atoms with E-state index in [0.29, 0.717) is 10.6 Å². The van der Waals surface area contributed by atoms with Gasteiger partial charge in [0.25, 0.3) is 0 Å². The van der Waals surface area contributed by atoms with Crippen molar-refractivity contribution in [2.45, 2.75) is 6.42 Å². The van der Waals surface area contributed by atoms with Crippen molar-refractivity contribution in [1.82, 2.24) is 0 Å². The summed E-state index contributed by atoms with van der Waals surface area (Å²) in [5.74, 6) is -0.872. The zero-order valence-corrected chi connectivity index (χ0v) is 6.43. The van der Waals surface area contributed by atoms with E-state index in [1.54, 1.807) is 18.2 Å². The van der Waals surface area contributed by atoms with Gasteiger partial charge in [-0.15, -0.1) is 0 Å². The molecule has 0 aliphatic rings. The van der Waals surface area contributed by atoms with E-state index in [0.717, 1.165) is 0 Å². The van der Waals surface area contributed by atoms with Crippen molar-refractivity contribution in [2.24, 2.45) is 0 Å². The Morgan fingerprint density at radius 3 is 2.91 bits per heavy atom. The third-order valence-corrected chi connectivity index (χ3v) is 1.38. The molecule has 0 aromatic heterocycles. The molecule has 1 N–H and O–H groups in total.